The van der Waals surface area contributed by atoms with Crippen molar-refractivity contribution in [2.75, 3.05) is 20.3 Å². The van der Waals surface area contributed by atoms with Crippen LogP contribution in [0.3, 0.4) is 0 Å². The molecule has 2 rings (SSSR count). The molecule has 4 nitrogen and oxygen atoms in total. The minimum absolute atomic E-state index is 0.0632. The second-order valence-corrected chi connectivity index (χ2v) is 4.07. The maximum absolute atomic E-state index is 13.9. The number of aromatic nitrogens is 1. The van der Waals surface area contributed by atoms with Crippen molar-refractivity contribution in [2.24, 2.45) is 0 Å². The van der Waals surface area contributed by atoms with Crippen LogP contribution >= 0.6 is 0 Å². The van der Waals surface area contributed by atoms with E-state index in [9.17, 15) is 4.39 Å². The van der Waals surface area contributed by atoms with E-state index in [1.807, 2.05) is 0 Å². The Labute approximate surface area is 100 Å². The van der Waals surface area contributed by atoms with Crippen molar-refractivity contribution >= 4 is 0 Å². The van der Waals surface area contributed by atoms with Gasteiger partial charge >= 0.3 is 0 Å². The molecule has 0 saturated carbocycles. The maximum atomic E-state index is 13.9. The summed E-state index contributed by atoms with van der Waals surface area (Å²) in [5.74, 6) is -0.326. The summed E-state index contributed by atoms with van der Waals surface area (Å²) in [6.45, 7) is 1.60. The largest absolute Gasteiger partial charge is 0.473 e. The quantitative estimate of drug-likeness (QED) is 0.847. The lowest BCUT2D eigenvalue weighted by atomic mass is 10.2. The van der Waals surface area contributed by atoms with E-state index < -0.39 is 0 Å². The fraction of sp³-hybridized carbons (Fsp3) is 0.583. The molecule has 1 aromatic rings. The first kappa shape index (κ1) is 12.3. The van der Waals surface area contributed by atoms with E-state index in [1.165, 1.54) is 0 Å². The van der Waals surface area contributed by atoms with E-state index in [0.29, 0.717) is 18.7 Å². The number of hydrogen-bond acceptors (Lipinski definition) is 4. The summed E-state index contributed by atoms with van der Waals surface area (Å²) >= 11 is 0. The number of halogens is 1. The molecule has 0 aliphatic carbocycles. The predicted octanol–water partition coefficient (Wildman–Crippen LogP) is 1.50. The molecule has 0 amide bonds. The van der Waals surface area contributed by atoms with Gasteiger partial charge in [-0.15, -0.1) is 0 Å². The summed E-state index contributed by atoms with van der Waals surface area (Å²) in [5, 5.41) is 2.90. The van der Waals surface area contributed by atoms with Crippen LogP contribution in [-0.2, 0) is 11.3 Å². The lowest BCUT2D eigenvalue weighted by molar-refractivity contribution is 0.0647. The van der Waals surface area contributed by atoms with Crippen molar-refractivity contribution in [2.45, 2.75) is 25.5 Å². The van der Waals surface area contributed by atoms with Gasteiger partial charge in [-0.25, -0.2) is 9.37 Å². The van der Waals surface area contributed by atoms with Crippen molar-refractivity contribution < 1.29 is 13.9 Å². The Morgan fingerprint density at radius 3 is 3.24 bits per heavy atom. The third-order valence-electron chi connectivity index (χ3n) is 2.73. The van der Waals surface area contributed by atoms with E-state index in [2.05, 4.69) is 10.3 Å². The van der Waals surface area contributed by atoms with Gasteiger partial charge in [-0.3, -0.25) is 0 Å². The van der Waals surface area contributed by atoms with Crippen LogP contribution in [0.5, 0.6) is 5.88 Å². The van der Waals surface area contributed by atoms with Crippen LogP contribution in [0.25, 0.3) is 0 Å². The Balaban J connectivity index is 1.97. The number of rotatable bonds is 5. The summed E-state index contributed by atoms with van der Waals surface area (Å²) < 4.78 is 24.6. The molecule has 5 heteroatoms. The van der Waals surface area contributed by atoms with Gasteiger partial charge in [0.15, 0.2) is 5.82 Å². The summed E-state index contributed by atoms with van der Waals surface area (Å²) in [4.78, 5) is 3.90. The van der Waals surface area contributed by atoms with Crippen molar-refractivity contribution in [3.8, 4) is 5.88 Å². The van der Waals surface area contributed by atoms with Crippen molar-refractivity contribution in [1.82, 2.24) is 10.3 Å². The molecule has 1 fully saturated rings. The molecule has 0 bridgehead atoms. The third-order valence-corrected chi connectivity index (χ3v) is 2.73. The molecule has 0 aromatic carbocycles. The Hall–Kier alpha value is -1.20. The number of nitrogens with zero attached hydrogens (tertiary/aromatic N) is 1. The minimum atomic E-state index is -0.389. The summed E-state index contributed by atoms with van der Waals surface area (Å²) in [5.41, 5.74) is 0.560. The fourth-order valence-corrected chi connectivity index (χ4v) is 1.84. The van der Waals surface area contributed by atoms with Crippen LogP contribution in [0.1, 0.15) is 18.4 Å². The summed E-state index contributed by atoms with van der Waals surface area (Å²) in [7, 11) is 1.77. The average molecular weight is 240 g/mol. The van der Waals surface area contributed by atoms with E-state index >= 15 is 0 Å². The molecule has 0 radical (unpaired) electrons. The first-order valence-corrected chi connectivity index (χ1v) is 5.83. The van der Waals surface area contributed by atoms with E-state index in [-0.39, 0.29) is 17.8 Å². The SMILES string of the molecule is CNCc1ccnc(OCC2CCCO2)c1F. The molecule has 94 valence electrons. The van der Waals surface area contributed by atoms with Gasteiger partial charge in [-0.2, -0.15) is 0 Å². The molecular weight excluding hydrogens is 223 g/mol. The molecule has 0 spiro atoms. The van der Waals surface area contributed by atoms with Crippen LogP contribution < -0.4 is 10.1 Å². The molecule has 1 aliphatic rings. The molecule has 2 heterocycles. The van der Waals surface area contributed by atoms with Gasteiger partial charge < -0.3 is 14.8 Å². The van der Waals surface area contributed by atoms with E-state index in [1.54, 1.807) is 19.3 Å². The number of hydrogen-bond donors (Lipinski definition) is 1. The standard InChI is InChI=1S/C12H17FN2O2/c1-14-7-9-4-5-15-12(11(9)13)17-8-10-3-2-6-16-10/h4-5,10,14H,2-3,6-8H2,1H3. The number of pyridine rings is 1. The number of nitrogens with one attached hydrogen (secondary N) is 1. The van der Waals surface area contributed by atoms with E-state index in [4.69, 9.17) is 9.47 Å². The number of ether oxygens (including phenoxy) is 2. The highest BCUT2D eigenvalue weighted by Crippen LogP contribution is 2.19. The Morgan fingerprint density at radius 1 is 1.65 bits per heavy atom. The van der Waals surface area contributed by atoms with Crippen LogP contribution in [-0.4, -0.2) is 31.3 Å². The highest BCUT2D eigenvalue weighted by atomic mass is 19.1. The van der Waals surface area contributed by atoms with Crippen LogP contribution in [0.4, 0.5) is 4.39 Å². The molecule has 1 saturated heterocycles. The zero-order valence-corrected chi connectivity index (χ0v) is 9.91. The highest BCUT2D eigenvalue weighted by Gasteiger charge is 2.18. The smallest absolute Gasteiger partial charge is 0.250 e. The van der Waals surface area contributed by atoms with Crippen molar-refractivity contribution in [3.63, 3.8) is 0 Å². The lowest BCUT2D eigenvalue weighted by Gasteiger charge is -2.12. The molecule has 1 unspecified atom stereocenters. The highest BCUT2D eigenvalue weighted by molar-refractivity contribution is 5.23. The van der Waals surface area contributed by atoms with Gasteiger partial charge in [-0.05, 0) is 26.0 Å². The topological polar surface area (TPSA) is 43.4 Å². The molecular formula is C12H17FN2O2. The first-order chi connectivity index (χ1) is 8.31. The molecule has 1 aromatic heterocycles. The Kier molecular flexibility index (Phi) is 4.28. The molecule has 1 aliphatic heterocycles. The van der Waals surface area contributed by atoms with Crippen LogP contribution in [0.2, 0.25) is 0 Å². The second-order valence-electron chi connectivity index (χ2n) is 4.07. The Bertz CT molecular complexity index is 368. The zero-order chi connectivity index (χ0) is 12.1. The molecule has 1 atom stereocenters. The molecule has 17 heavy (non-hydrogen) atoms. The second kappa shape index (κ2) is 5.93. The van der Waals surface area contributed by atoms with Gasteiger partial charge in [0.05, 0.1) is 6.10 Å². The average Bonchev–Trinajstić information content (AvgIpc) is 2.83. The Morgan fingerprint density at radius 2 is 2.53 bits per heavy atom. The van der Waals surface area contributed by atoms with Gasteiger partial charge in [0, 0.05) is 24.9 Å². The zero-order valence-electron chi connectivity index (χ0n) is 9.91. The minimum Gasteiger partial charge on any atom is -0.473 e. The van der Waals surface area contributed by atoms with Crippen molar-refractivity contribution in [3.05, 3.63) is 23.6 Å². The normalized spacial score (nSPS) is 19.5. The van der Waals surface area contributed by atoms with Crippen LogP contribution in [0.15, 0.2) is 12.3 Å². The predicted molar refractivity (Wildman–Crippen MR) is 61.4 cm³/mol. The maximum Gasteiger partial charge on any atom is 0.250 e. The summed E-state index contributed by atoms with van der Waals surface area (Å²) in [6.07, 6.45) is 3.64. The third kappa shape index (κ3) is 3.14. The fourth-order valence-electron chi connectivity index (χ4n) is 1.84. The van der Waals surface area contributed by atoms with Gasteiger partial charge in [0.2, 0.25) is 0 Å². The van der Waals surface area contributed by atoms with Crippen LogP contribution in [0, 0.1) is 5.82 Å². The lowest BCUT2D eigenvalue weighted by Crippen LogP contribution is -2.18. The first-order valence-electron chi connectivity index (χ1n) is 5.83. The van der Waals surface area contributed by atoms with Gasteiger partial charge in [0.1, 0.15) is 6.61 Å². The van der Waals surface area contributed by atoms with Gasteiger partial charge in [-0.1, -0.05) is 0 Å². The monoisotopic (exact) mass is 240 g/mol. The molecule has 1 N–H and O–H groups in total. The van der Waals surface area contributed by atoms with E-state index in [0.717, 1.165) is 19.4 Å². The van der Waals surface area contributed by atoms with Gasteiger partial charge in [0.25, 0.3) is 5.88 Å². The van der Waals surface area contributed by atoms with Crippen molar-refractivity contribution in [1.29, 1.82) is 0 Å². The summed E-state index contributed by atoms with van der Waals surface area (Å²) in [6, 6.07) is 1.64.